The van der Waals surface area contributed by atoms with E-state index in [9.17, 15) is 4.79 Å². The first-order chi connectivity index (χ1) is 11.8. The van der Waals surface area contributed by atoms with E-state index in [2.05, 4.69) is 24.6 Å². The second kappa shape index (κ2) is 12.1. The number of allylic oxidation sites excluding steroid dienone is 8. The fourth-order valence-electron chi connectivity index (χ4n) is 1.46. The van der Waals surface area contributed by atoms with Gasteiger partial charge in [0.15, 0.2) is 11.5 Å². The summed E-state index contributed by atoms with van der Waals surface area (Å²) < 4.78 is 11.0. The molecule has 0 aromatic heterocycles. The van der Waals surface area contributed by atoms with Crippen molar-refractivity contribution in [3.63, 3.8) is 0 Å². The standard InChI is InChI=1S/C21H18O3/c1-3-5-7-9-11-15-23-20-14-13-19(18-22)17-21(20)24-16-12-10-8-6-4-2/h4-11,13-18H,1-2H2/b8-6+,9-7-,15-11-. The van der Waals surface area contributed by atoms with E-state index in [1.807, 2.05) is 0 Å². The number of rotatable bonds is 9. The topological polar surface area (TPSA) is 35.5 Å². The summed E-state index contributed by atoms with van der Waals surface area (Å²) in [6, 6.07) is 4.89. The van der Waals surface area contributed by atoms with Gasteiger partial charge in [0.1, 0.15) is 12.5 Å². The lowest BCUT2D eigenvalue weighted by Gasteiger charge is -2.07. The highest BCUT2D eigenvalue weighted by Gasteiger charge is 2.04. The van der Waals surface area contributed by atoms with Gasteiger partial charge in [0.25, 0.3) is 0 Å². The van der Waals surface area contributed by atoms with Crippen molar-refractivity contribution in [1.82, 2.24) is 0 Å². The van der Waals surface area contributed by atoms with E-state index in [1.165, 1.54) is 12.5 Å². The van der Waals surface area contributed by atoms with Gasteiger partial charge in [0.05, 0.1) is 6.26 Å². The van der Waals surface area contributed by atoms with Crippen molar-refractivity contribution in [2.24, 2.45) is 0 Å². The summed E-state index contributed by atoms with van der Waals surface area (Å²) in [7, 11) is 0. The average molecular weight is 318 g/mol. The van der Waals surface area contributed by atoms with Gasteiger partial charge in [-0.3, -0.25) is 4.79 Å². The van der Waals surface area contributed by atoms with Crippen LogP contribution in [-0.4, -0.2) is 6.29 Å². The Labute approximate surface area is 142 Å². The number of carbonyl (C=O) groups excluding carboxylic acids is 1. The normalized spacial score (nSPS) is 10.2. The van der Waals surface area contributed by atoms with Crippen LogP contribution in [0.1, 0.15) is 10.4 Å². The zero-order valence-electron chi connectivity index (χ0n) is 13.2. The summed E-state index contributed by atoms with van der Waals surface area (Å²) >= 11 is 0. The van der Waals surface area contributed by atoms with Gasteiger partial charge in [0, 0.05) is 5.56 Å². The minimum absolute atomic E-state index is 0.410. The second-order valence-electron chi connectivity index (χ2n) is 4.22. The fraction of sp³-hybridized carbons (Fsp3) is 0. The van der Waals surface area contributed by atoms with Crippen LogP contribution in [0, 0.1) is 0 Å². The lowest BCUT2D eigenvalue weighted by Crippen LogP contribution is -1.90. The van der Waals surface area contributed by atoms with Crippen LogP contribution in [0.2, 0.25) is 0 Å². The van der Waals surface area contributed by atoms with Crippen molar-refractivity contribution in [3.8, 4) is 11.5 Å². The van der Waals surface area contributed by atoms with Crippen LogP contribution >= 0.6 is 0 Å². The minimum Gasteiger partial charge on any atom is -0.461 e. The van der Waals surface area contributed by atoms with Crippen molar-refractivity contribution in [2.75, 3.05) is 0 Å². The van der Waals surface area contributed by atoms with Crippen molar-refractivity contribution in [1.29, 1.82) is 0 Å². The molecule has 0 saturated heterocycles. The Kier molecular flexibility index (Phi) is 9.33. The number of carbonyl (C=O) groups is 1. The molecular weight excluding hydrogens is 300 g/mol. The summed E-state index contributed by atoms with van der Waals surface area (Å²) in [6.07, 6.45) is 17.4. The van der Waals surface area contributed by atoms with Crippen LogP contribution in [0.25, 0.3) is 0 Å². The lowest BCUT2D eigenvalue weighted by atomic mass is 10.2. The maximum absolute atomic E-state index is 10.9. The number of hydrogen-bond acceptors (Lipinski definition) is 3. The zero-order chi connectivity index (χ0) is 17.5. The van der Waals surface area contributed by atoms with E-state index < -0.39 is 0 Å². The Bertz CT molecular complexity index is 751. The van der Waals surface area contributed by atoms with Gasteiger partial charge in [-0.1, -0.05) is 49.3 Å². The largest absolute Gasteiger partial charge is 0.461 e. The molecule has 1 aromatic rings. The van der Waals surface area contributed by atoms with Crippen molar-refractivity contribution in [2.45, 2.75) is 0 Å². The Morgan fingerprint density at radius 2 is 1.79 bits per heavy atom. The molecule has 0 heterocycles. The maximum Gasteiger partial charge on any atom is 0.170 e. The van der Waals surface area contributed by atoms with Gasteiger partial charge < -0.3 is 9.47 Å². The van der Waals surface area contributed by atoms with E-state index in [-0.39, 0.29) is 0 Å². The van der Waals surface area contributed by atoms with Crippen LogP contribution < -0.4 is 9.47 Å². The Morgan fingerprint density at radius 3 is 2.54 bits per heavy atom. The predicted octanol–water partition coefficient (Wildman–Crippen LogP) is 5.08. The average Bonchev–Trinajstić information content (AvgIpc) is 2.61. The number of aldehydes is 1. The number of ether oxygens (including phenoxy) is 2. The molecule has 1 aromatic carbocycles. The molecular formula is C21H18O3. The second-order valence-corrected chi connectivity index (χ2v) is 4.22. The van der Waals surface area contributed by atoms with Crippen LogP contribution in [0.4, 0.5) is 0 Å². The summed E-state index contributed by atoms with van der Waals surface area (Å²) in [5, 5.41) is 0. The first kappa shape index (κ1) is 18.5. The minimum atomic E-state index is 0.410. The first-order valence-electron chi connectivity index (χ1n) is 7.10. The highest BCUT2D eigenvalue weighted by atomic mass is 16.5. The van der Waals surface area contributed by atoms with Gasteiger partial charge in [-0.25, -0.2) is 0 Å². The van der Waals surface area contributed by atoms with Gasteiger partial charge in [-0.2, -0.15) is 0 Å². The Balaban J connectivity index is 2.85. The van der Waals surface area contributed by atoms with E-state index >= 15 is 0 Å². The van der Waals surface area contributed by atoms with E-state index in [4.69, 9.17) is 9.47 Å². The first-order valence-corrected chi connectivity index (χ1v) is 7.10. The van der Waals surface area contributed by atoms with Gasteiger partial charge in [-0.05, 0) is 36.4 Å². The van der Waals surface area contributed by atoms with Gasteiger partial charge in [-0.15, -0.1) is 5.73 Å². The molecule has 0 N–H and O–H groups in total. The molecule has 0 atom stereocenters. The maximum atomic E-state index is 10.9. The summed E-state index contributed by atoms with van der Waals surface area (Å²) in [4.78, 5) is 10.9. The molecule has 0 aliphatic heterocycles. The molecule has 3 heteroatoms. The quantitative estimate of drug-likeness (QED) is 0.276. The third-order valence-corrected chi connectivity index (χ3v) is 2.51. The molecule has 0 unspecified atom stereocenters. The summed E-state index contributed by atoms with van der Waals surface area (Å²) in [5.41, 5.74) is 5.94. The molecule has 0 fully saturated rings. The van der Waals surface area contributed by atoms with Gasteiger partial charge >= 0.3 is 0 Å². The number of benzene rings is 1. The number of hydrogen-bond donors (Lipinski definition) is 0. The van der Waals surface area contributed by atoms with Crippen molar-refractivity contribution >= 4 is 6.29 Å². The fourth-order valence-corrected chi connectivity index (χ4v) is 1.46. The molecule has 3 nitrogen and oxygen atoms in total. The van der Waals surface area contributed by atoms with Crippen LogP contribution in [0.15, 0.2) is 104 Å². The van der Waals surface area contributed by atoms with Crippen LogP contribution in [-0.2, 0) is 0 Å². The predicted molar refractivity (Wildman–Crippen MR) is 97.1 cm³/mol. The monoisotopic (exact) mass is 318 g/mol. The highest BCUT2D eigenvalue weighted by molar-refractivity contribution is 5.76. The van der Waals surface area contributed by atoms with E-state index in [0.717, 1.165) is 6.29 Å². The van der Waals surface area contributed by atoms with Gasteiger partial charge in [0.2, 0.25) is 0 Å². The summed E-state index contributed by atoms with van der Waals surface area (Å²) in [6.45, 7) is 7.02. The highest BCUT2D eigenvalue weighted by Crippen LogP contribution is 2.28. The lowest BCUT2D eigenvalue weighted by molar-refractivity contribution is 0.112. The molecule has 120 valence electrons. The SMILES string of the molecule is C=C=C/C=C\C=C/Oc1ccc(C=O)cc1OC=C=C/C=C/C=C. The molecule has 0 aliphatic carbocycles. The Hall–Kier alpha value is -3.51. The molecule has 0 aliphatic rings. The third-order valence-electron chi connectivity index (χ3n) is 2.51. The molecule has 0 amide bonds. The van der Waals surface area contributed by atoms with Crippen molar-refractivity contribution < 1.29 is 14.3 Å². The molecule has 0 saturated carbocycles. The molecule has 0 bridgehead atoms. The third kappa shape index (κ3) is 7.48. The van der Waals surface area contributed by atoms with Crippen LogP contribution in [0.3, 0.4) is 0 Å². The molecule has 1 rings (SSSR count). The van der Waals surface area contributed by atoms with E-state index in [1.54, 1.807) is 66.8 Å². The molecule has 24 heavy (non-hydrogen) atoms. The molecule has 0 spiro atoms. The summed E-state index contributed by atoms with van der Waals surface area (Å²) in [5.74, 6) is 0.886. The van der Waals surface area contributed by atoms with E-state index in [0.29, 0.717) is 17.1 Å². The smallest absolute Gasteiger partial charge is 0.170 e. The van der Waals surface area contributed by atoms with Crippen LogP contribution in [0.5, 0.6) is 11.5 Å². The van der Waals surface area contributed by atoms with Crippen molar-refractivity contribution in [3.05, 3.63) is 110 Å². The molecule has 0 radical (unpaired) electrons. The Morgan fingerprint density at radius 1 is 0.958 bits per heavy atom. The zero-order valence-corrected chi connectivity index (χ0v) is 13.2.